The van der Waals surface area contributed by atoms with Gasteiger partial charge in [-0.3, -0.25) is 4.79 Å². The summed E-state index contributed by atoms with van der Waals surface area (Å²) in [5.74, 6) is -0.0319. The molecule has 0 unspecified atom stereocenters. The first kappa shape index (κ1) is 15.9. The number of hydrogen-bond acceptors (Lipinski definition) is 2. The van der Waals surface area contributed by atoms with E-state index in [2.05, 4.69) is 15.9 Å². The Morgan fingerprint density at radius 2 is 2.06 bits per heavy atom. The number of benzene rings is 1. The minimum atomic E-state index is -4.38. The van der Waals surface area contributed by atoms with Gasteiger partial charge in [0, 0.05) is 17.2 Å². The number of carbonyl (C=O) groups is 1. The number of alkyl halides is 5. The van der Waals surface area contributed by atoms with E-state index in [1.54, 1.807) is 6.07 Å². The Kier molecular flexibility index (Phi) is 6.01. The lowest BCUT2D eigenvalue weighted by molar-refractivity contribution is -0.115. The average molecular weight is 362 g/mol. The molecule has 0 bridgehead atoms. The van der Waals surface area contributed by atoms with Crippen LogP contribution >= 0.6 is 39.3 Å². The highest BCUT2D eigenvalue weighted by molar-refractivity contribution is 9.09. The Balaban J connectivity index is 3.04. The van der Waals surface area contributed by atoms with Crippen molar-refractivity contribution in [1.29, 1.82) is 0 Å². The van der Waals surface area contributed by atoms with Crippen molar-refractivity contribution in [1.82, 2.24) is 0 Å². The number of carbonyl (C=O) groups excluding carboxylic acids is 1. The van der Waals surface area contributed by atoms with E-state index in [0.717, 1.165) is 0 Å². The maximum absolute atomic E-state index is 12.4. The predicted molar refractivity (Wildman–Crippen MR) is 70.4 cm³/mol. The van der Waals surface area contributed by atoms with Crippen LogP contribution < -0.4 is 0 Å². The molecule has 0 spiro atoms. The summed E-state index contributed by atoms with van der Waals surface area (Å²) in [6.07, 6.45) is -0.0216. The van der Waals surface area contributed by atoms with Gasteiger partial charge in [-0.1, -0.05) is 28.1 Å². The zero-order chi connectivity index (χ0) is 13.8. The van der Waals surface area contributed by atoms with Crippen molar-refractivity contribution in [3.63, 3.8) is 0 Å². The van der Waals surface area contributed by atoms with Crippen molar-refractivity contribution in [3.8, 4) is 0 Å². The molecule has 1 aromatic carbocycles. The number of rotatable bonds is 5. The first-order valence-corrected chi connectivity index (χ1v) is 7.34. The molecular weight excluding hydrogens is 353 g/mol. The summed E-state index contributed by atoms with van der Waals surface area (Å²) < 4.78 is 37.2. The molecule has 0 aliphatic carbocycles. The van der Waals surface area contributed by atoms with Crippen molar-refractivity contribution in [2.75, 3.05) is 5.33 Å². The SMILES string of the molecule is O=C(CBr)Cc1ccc(CCl)cc1SC(F)(F)F. The van der Waals surface area contributed by atoms with E-state index in [-0.39, 0.29) is 40.1 Å². The topological polar surface area (TPSA) is 17.1 Å². The maximum atomic E-state index is 12.4. The van der Waals surface area contributed by atoms with Crippen molar-refractivity contribution < 1.29 is 18.0 Å². The van der Waals surface area contributed by atoms with E-state index in [4.69, 9.17) is 11.6 Å². The fourth-order valence-corrected chi connectivity index (χ4v) is 2.40. The molecule has 0 saturated heterocycles. The van der Waals surface area contributed by atoms with Crippen LogP contribution in [0.1, 0.15) is 11.1 Å². The molecular formula is C11H9BrClF3OS. The predicted octanol–water partition coefficient (Wildman–Crippen LogP) is 4.54. The summed E-state index contributed by atoms with van der Waals surface area (Å²) in [6.45, 7) is 0. The van der Waals surface area contributed by atoms with Crippen LogP contribution in [0.15, 0.2) is 23.1 Å². The maximum Gasteiger partial charge on any atom is 0.446 e. The van der Waals surface area contributed by atoms with E-state index >= 15 is 0 Å². The molecule has 0 radical (unpaired) electrons. The van der Waals surface area contributed by atoms with Gasteiger partial charge in [0.25, 0.3) is 0 Å². The van der Waals surface area contributed by atoms with Crippen LogP contribution in [0.25, 0.3) is 0 Å². The lowest BCUT2D eigenvalue weighted by Gasteiger charge is -2.11. The van der Waals surface area contributed by atoms with Gasteiger partial charge in [0.05, 0.1) is 5.33 Å². The van der Waals surface area contributed by atoms with Crippen LogP contribution in [-0.2, 0) is 17.1 Å². The molecule has 0 heterocycles. The summed E-state index contributed by atoms with van der Waals surface area (Å²) in [6, 6.07) is 4.53. The third-order valence-electron chi connectivity index (χ3n) is 2.05. The highest BCUT2D eigenvalue weighted by atomic mass is 79.9. The number of Topliss-reactive ketones (excluding diaryl/α,β-unsaturated/α-hetero) is 1. The Morgan fingerprint density at radius 1 is 1.39 bits per heavy atom. The van der Waals surface area contributed by atoms with E-state index < -0.39 is 5.51 Å². The van der Waals surface area contributed by atoms with Gasteiger partial charge in [-0.25, -0.2) is 0 Å². The van der Waals surface area contributed by atoms with Gasteiger partial charge >= 0.3 is 5.51 Å². The normalized spacial score (nSPS) is 11.6. The molecule has 100 valence electrons. The molecule has 0 aliphatic heterocycles. The smallest absolute Gasteiger partial charge is 0.298 e. The molecule has 7 heteroatoms. The number of ketones is 1. The molecule has 0 atom stereocenters. The van der Waals surface area contributed by atoms with Gasteiger partial charge in [0.1, 0.15) is 5.78 Å². The van der Waals surface area contributed by atoms with E-state index in [9.17, 15) is 18.0 Å². The van der Waals surface area contributed by atoms with Crippen molar-refractivity contribution in [3.05, 3.63) is 29.3 Å². The van der Waals surface area contributed by atoms with Crippen LogP contribution in [0.5, 0.6) is 0 Å². The summed E-state index contributed by atoms with van der Waals surface area (Å²) in [7, 11) is 0. The zero-order valence-corrected chi connectivity index (χ0v) is 12.2. The second-order valence-corrected chi connectivity index (χ2v) is 5.41. The second-order valence-electron chi connectivity index (χ2n) is 3.47. The Morgan fingerprint density at radius 3 is 2.56 bits per heavy atom. The van der Waals surface area contributed by atoms with Crippen molar-refractivity contribution >= 4 is 45.1 Å². The van der Waals surface area contributed by atoms with Crippen molar-refractivity contribution in [2.24, 2.45) is 0 Å². The van der Waals surface area contributed by atoms with Gasteiger partial charge in [-0.2, -0.15) is 13.2 Å². The minimum absolute atomic E-state index is 0.0216. The van der Waals surface area contributed by atoms with Gasteiger partial charge in [-0.05, 0) is 29.0 Å². The lowest BCUT2D eigenvalue weighted by Crippen LogP contribution is -2.07. The Bertz CT molecular complexity index is 437. The minimum Gasteiger partial charge on any atom is -0.298 e. The van der Waals surface area contributed by atoms with E-state index in [1.165, 1.54) is 12.1 Å². The molecule has 0 fully saturated rings. The third kappa shape index (κ3) is 5.20. The monoisotopic (exact) mass is 360 g/mol. The number of halogens is 5. The molecule has 0 aliphatic rings. The molecule has 1 aromatic rings. The quantitative estimate of drug-likeness (QED) is 0.565. The van der Waals surface area contributed by atoms with Gasteiger partial charge in [0.2, 0.25) is 0 Å². The van der Waals surface area contributed by atoms with E-state index in [1.807, 2.05) is 0 Å². The standard InChI is InChI=1S/C11H9BrClF3OS/c12-5-9(17)4-8-2-1-7(6-13)3-10(8)18-11(14,15)16/h1-3H,4-6H2. The van der Waals surface area contributed by atoms with Crippen LogP contribution in [0.2, 0.25) is 0 Å². The summed E-state index contributed by atoms with van der Waals surface area (Å²) in [5.41, 5.74) is -3.41. The highest BCUT2D eigenvalue weighted by Crippen LogP contribution is 2.39. The van der Waals surface area contributed by atoms with E-state index in [0.29, 0.717) is 11.1 Å². The van der Waals surface area contributed by atoms with Crippen LogP contribution in [0.3, 0.4) is 0 Å². The molecule has 18 heavy (non-hydrogen) atoms. The Hall–Kier alpha value is -0.200. The first-order chi connectivity index (χ1) is 8.35. The molecule has 0 N–H and O–H groups in total. The second kappa shape index (κ2) is 6.82. The summed E-state index contributed by atoms with van der Waals surface area (Å²) in [4.78, 5) is 11.3. The first-order valence-electron chi connectivity index (χ1n) is 4.87. The molecule has 0 saturated carbocycles. The lowest BCUT2D eigenvalue weighted by atomic mass is 10.1. The van der Waals surface area contributed by atoms with Gasteiger partial charge in [-0.15, -0.1) is 11.6 Å². The van der Waals surface area contributed by atoms with Gasteiger partial charge in [0.15, 0.2) is 0 Å². The van der Waals surface area contributed by atoms with Crippen molar-refractivity contribution in [2.45, 2.75) is 22.7 Å². The zero-order valence-electron chi connectivity index (χ0n) is 9.06. The third-order valence-corrected chi connectivity index (χ3v) is 3.81. The molecule has 0 amide bonds. The average Bonchev–Trinajstić information content (AvgIpc) is 2.29. The fraction of sp³-hybridized carbons (Fsp3) is 0.364. The molecule has 1 rings (SSSR count). The fourth-order valence-electron chi connectivity index (χ4n) is 1.31. The summed E-state index contributed by atoms with van der Waals surface area (Å²) in [5, 5.41) is 0.125. The van der Waals surface area contributed by atoms with Crippen LogP contribution in [0, 0.1) is 0 Å². The van der Waals surface area contributed by atoms with Gasteiger partial charge < -0.3 is 0 Å². The summed E-state index contributed by atoms with van der Waals surface area (Å²) >= 11 is 8.36. The number of hydrogen-bond donors (Lipinski definition) is 0. The van der Waals surface area contributed by atoms with Crippen LogP contribution in [0.4, 0.5) is 13.2 Å². The highest BCUT2D eigenvalue weighted by Gasteiger charge is 2.30. The van der Waals surface area contributed by atoms with Crippen LogP contribution in [-0.4, -0.2) is 16.6 Å². The molecule has 0 aromatic heterocycles. The number of thioether (sulfide) groups is 1. The largest absolute Gasteiger partial charge is 0.446 e. The Labute approximate surface area is 120 Å². The molecule has 1 nitrogen and oxygen atoms in total.